The first kappa shape index (κ1) is 13.8. The fourth-order valence-corrected chi connectivity index (χ4v) is 2.34. The van der Waals surface area contributed by atoms with Crippen molar-refractivity contribution in [3.63, 3.8) is 0 Å². The van der Waals surface area contributed by atoms with Gasteiger partial charge in [-0.15, -0.1) is 13.2 Å². The molecule has 0 radical (unpaired) electrons. The van der Waals surface area contributed by atoms with Crippen molar-refractivity contribution in [2.24, 2.45) is 0 Å². The van der Waals surface area contributed by atoms with E-state index < -0.39 is 6.36 Å². The Kier molecular flexibility index (Phi) is 3.29. The van der Waals surface area contributed by atoms with E-state index in [0.717, 1.165) is 22.2 Å². The zero-order valence-electron chi connectivity index (χ0n) is 10.5. The van der Waals surface area contributed by atoms with E-state index in [1.165, 1.54) is 12.1 Å². The van der Waals surface area contributed by atoms with Crippen LogP contribution in [0.15, 0.2) is 48.5 Å². The lowest BCUT2D eigenvalue weighted by molar-refractivity contribution is -0.274. The molecule has 2 nitrogen and oxygen atoms in total. The number of alkyl halides is 3. The summed E-state index contributed by atoms with van der Waals surface area (Å²) in [6, 6.07) is 13.1. The topological polar surface area (TPSA) is 25.0 Å². The Labute approximate surface area is 123 Å². The third kappa shape index (κ3) is 2.97. The molecule has 21 heavy (non-hydrogen) atoms. The van der Waals surface area contributed by atoms with E-state index in [1.54, 1.807) is 18.2 Å². The number of hydrogen-bond acceptors (Lipinski definition) is 1. The molecule has 1 aromatic heterocycles. The number of aromatic nitrogens is 1. The fourth-order valence-electron chi connectivity index (χ4n) is 2.11. The molecule has 1 N–H and O–H groups in total. The van der Waals surface area contributed by atoms with Gasteiger partial charge in [0.2, 0.25) is 0 Å². The average molecular weight is 312 g/mol. The predicted octanol–water partition coefficient (Wildman–Crippen LogP) is 5.39. The van der Waals surface area contributed by atoms with Crippen molar-refractivity contribution in [1.29, 1.82) is 0 Å². The molecule has 0 aliphatic heterocycles. The first-order valence-corrected chi connectivity index (χ1v) is 6.43. The minimum Gasteiger partial charge on any atom is -0.406 e. The quantitative estimate of drug-likeness (QED) is 0.674. The summed E-state index contributed by atoms with van der Waals surface area (Å²) >= 11 is 6.08. The molecule has 0 saturated heterocycles. The van der Waals surface area contributed by atoms with Crippen LogP contribution in [-0.4, -0.2) is 11.3 Å². The highest BCUT2D eigenvalue weighted by molar-refractivity contribution is 6.35. The Hall–Kier alpha value is -2.14. The molecular formula is C15H9ClF3NO. The Morgan fingerprint density at radius 1 is 1.00 bits per heavy atom. The van der Waals surface area contributed by atoms with Crippen molar-refractivity contribution in [1.82, 2.24) is 4.98 Å². The molecular weight excluding hydrogens is 303 g/mol. The van der Waals surface area contributed by atoms with Crippen LogP contribution >= 0.6 is 11.6 Å². The van der Waals surface area contributed by atoms with Crippen LogP contribution in [0.2, 0.25) is 5.02 Å². The van der Waals surface area contributed by atoms with Crippen molar-refractivity contribution in [3.05, 3.63) is 53.6 Å². The van der Waals surface area contributed by atoms with E-state index >= 15 is 0 Å². The van der Waals surface area contributed by atoms with Gasteiger partial charge in [-0.25, -0.2) is 0 Å². The van der Waals surface area contributed by atoms with Gasteiger partial charge in [0.25, 0.3) is 0 Å². The molecule has 0 spiro atoms. The molecule has 2 aromatic carbocycles. The minimum atomic E-state index is -4.68. The second kappa shape index (κ2) is 5.00. The van der Waals surface area contributed by atoms with Crippen molar-refractivity contribution < 1.29 is 17.9 Å². The SMILES string of the molecule is FC(F)(F)Oc1ccc(-c2cc3cccc(Cl)c3[nH]2)cc1. The third-order valence-corrected chi connectivity index (χ3v) is 3.32. The zero-order chi connectivity index (χ0) is 15.0. The number of nitrogens with one attached hydrogen (secondary N) is 1. The Balaban J connectivity index is 1.94. The number of rotatable bonds is 2. The van der Waals surface area contributed by atoms with E-state index in [9.17, 15) is 13.2 Å². The van der Waals surface area contributed by atoms with Gasteiger partial charge in [0.1, 0.15) is 5.75 Å². The number of H-pyrrole nitrogens is 1. The standard InChI is InChI=1S/C15H9ClF3NO/c16-12-3-1-2-10-8-13(20-14(10)12)9-4-6-11(7-5-9)21-15(17,18)19/h1-8,20H. The molecule has 0 unspecified atom stereocenters. The number of hydrogen-bond donors (Lipinski definition) is 1. The van der Waals surface area contributed by atoms with Crippen LogP contribution in [0.1, 0.15) is 0 Å². The highest BCUT2D eigenvalue weighted by Gasteiger charge is 2.30. The van der Waals surface area contributed by atoms with Crippen LogP contribution in [0.3, 0.4) is 0 Å². The summed E-state index contributed by atoms with van der Waals surface area (Å²) in [6.07, 6.45) is -4.68. The largest absolute Gasteiger partial charge is 0.573 e. The second-order valence-corrected chi connectivity index (χ2v) is 4.87. The molecule has 0 fully saturated rings. The maximum atomic E-state index is 12.1. The van der Waals surface area contributed by atoms with Crippen LogP contribution in [0.4, 0.5) is 13.2 Å². The lowest BCUT2D eigenvalue weighted by Crippen LogP contribution is -2.16. The van der Waals surface area contributed by atoms with Gasteiger partial charge in [-0.1, -0.05) is 23.7 Å². The number of para-hydroxylation sites is 1. The van der Waals surface area contributed by atoms with Crippen LogP contribution < -0.4 is 4.74 Å². The monoisotopic (exact) mass is 311 g/mol. The van der Waals surface area contributed by atoms with Crippen molar-refractivity contribution in [2.75, 3.05) is 0 Å². The highest BCUT2D eigenvalue weighted by Crippen LogP contribution is 2.30. The molecule has 1 heterocycles. The Morgan fingerprint density at radius 2 is 1.71 bits per heavy atom. The molecule has 3 aromatic rings. The van der Waals surface area contributed by atoms with Crippen molar-refractivity contribution in [3.8, 4) is 17.0 Å². The summed E-state index contributed by atoms with van der Waals surface area (Å²) in [5.74, 6) is -0.250. The Bertz CT molecular complexity index is 778. The number of halogens is 4. The minimum absolute atomic E-state index is 0.250. The van der Waals surface area contributed by atoms with E-state index in [1.807, 2.05) is 18.2 Å². The molecule has 108 valence electrons. The first-order valence-electron chi connectivity index (χ1n) is 6.06. The molecule has 6 heteroatoms. The molecule has 0 atom stereocenters. The van der Waals surface area contributed by atoms with E-state index in [0.29, 0.717) is 5.02 Å². The van der Waals surface area contributed by atoms with Gasteiger partial charge in [0, 0.05) is 11.1 Å². The molecule has 3 rings (SSSR count). The third-order valence-electron chi connectivity index (χ3n) is 3.00. The first-order chi connectivity index (χ1) is 9.92. The van der Waals surface area contributed by atoms with Crippen LogP contribution in [0.25, 0.3) is 22.2 Å². The normalized spacial score (nSPS) is 11.8. The van der Waals surface area contributed by atoms with Gasteiger partial charge >= 0.3 is 6.36 Å². The predicted molar refractivity (Wildman–Crippen MR) is 75.4 cm³/mol. The number of benzene rings is 2. The smallest absolute Gasteiger partial charge is 0.406 e. The maximum absolute atomic E-state index is 12.1. The molecule has 0 amide bonds. The average Bonchev–Trinajstić information content (AvgIpc) is 2.83. The molecule has 0 aliphatic carbocycles. The summed E-state index contributed by atoms with van der Waals surface area (Å²) < 4.78 is 40.2. The summed E-state index contributed by atoms with van der Waals surface area (Å²) in [6.45, 7) is 0. The second-order valence-electron chi connectivity index (χ2n) is 4.46. The van der Waals surface area contributed by atoms with E-state index in [2.05, 4.69) is 9.72 Å². The van der Waals surface area contributed by atoms with Crippen LogP contribution in [0.5, 0.6) is 5.75 Å². The van der Waals surface area contributed by atoms with Gasteiger partial charge < -0.3 is 9.72 Å². The number of aromatic amines is 1. The van der Waals surface area contributed by atoms with Crippen LogP contribution in [-0.2, 0) is 0 Å². The summed E-state index contributed by atoms with van der Waals surface area (Å²) in [7, 11) is 0. The highest BCUT2D eigenvalue weighted by atomic mass is 35.5. The van der Waals surface area contributed by atoms with Gasteiger partial charge in [-0.05, 0) is 42.0 Å². The lowest BCUT2D eigenvalue weighted by Gasteiger charge is -2.08. The number of ether oxygens (including phenoxy) is 1. The summed E-state index contributed by atoms with van der Waals surface area (Å²) in [5, 5.41) is 1.53. The summed E-state index contributed by atoms with van der Waals surface area (Å²) in [5.41, 5.74) is 2.32. The summed E-state index contributed by atoms with van der Waals surface area (Å²) in [4.78, 5) is 3.15. The van der Waals surface area contributed by atoms with Gasteiger partial charge in [-0.3, -0.25) is 0 Å². The van der Waals surface area contributed by atoms with Crippen LogP contribution in [0, 0.1) is 0 Å². The molecule has 0 aliphatic rings. The number of fused-ring (bicyclic) bond motifs is 1. The lowest BCUT2D eigenvalue weighted by atomic mass is 10.1. The van der Waals surface area contributed by atoms with Gasteiger partial charge in [0.15, 0.2) is 0 Å². The van der Waals surface area contributed by atoms with E-state index in [4.69, 9.17) is 11.6 Å². The van der Waals surface area contributed by atoms with Gasteiger partial charge in [0.05, 0.1) is 10.5 Å². The van der Waals surface area contributed by atoms with Gasteiger partial charge in [-0.2, -0.15) is 0 Å². The fraction of sp³-hybridized carbons (Fsp3) is 0.0667. The van der Waals surface area contributed by atoms with E-state index in [-0.39, 0.29) is 5.75 Å². The molecule has 0 saturated carbocycles. The van der Waals surface area contributed by atoms with Crippen molar-refractivity contribution >= 4 is 22.5 Å². The van der Waals surface area contributed by atoms with Crippen molar-refractivity contribution in [2.45, 2.75) is 6.36 Å². The molecule has 0 bridgehead atoms. The maximum Gasteiger partial charge on any atom is 0.573 e. The Morgan fingerprint density at radius 3 is 2.33 bits per heavy atom. The zero-order valence-corrected chi connectivity index (χ0v) is 11.3.